The van der Waals surface area contributed by atoms with Gasteiger partial charge in [-0.15, -0.1) is 0 Å². The van der Waals surface area contributed by atoms with Gasteiger partial charge in [0, 0.05) is 24.1 Å². The summed E-state index contributed by atoms with van der Waals surface area (Å²) in [5, 5.41) is 3.67. The Morgan fingerprint density at radius 2 is 2.00 bits per heavy atom. The molecule has 3 aliphatic rings. The van der Waals surface area contributed by atoms with E-state index in [9.17, 15) is 8.42 Å². The van der Waals surface area contributed by atoms with Crippen molar-refractivity contribution in [2.75, 3.05) is 18.1 Å². The van der Waals surface area contributed by atoms with Gasteiger partial charge in [0.05, 0.1) is 17.6 Å². The Morgan fingerprint density at radius 1 is 1.25 bits per heavy atom. The third-order valence-electron chi connectivity index (χ3n) is 5.59. The number of hydrogen-bond donors (Lipinski definition) is 1. The van der Waals surface area contributed by atoms with Gasteiger partial charge in [0.2, 0.25) is 0 Å². The summed E-state index contributed by atoms with van der Waals surface area (Å²) in [7, 11) is -2.81. The topological polar surface area (TPSA) is 55.4 Å². The summed E-state index contributed by atoms with van der Waals surface area (Å²) in [6.07, 6.45) is 8.36. The van der Waals surface area contributed by atoms with Crippen LogP contribution in [0, 0.1) is 5.41 Å². The molecule has 2 saturated carbocycles. The molecule has 3 atom stereocenters. The lowest BCUT2D eigenvalue weighted by Gasteiger charge is -2.55. The molecule has 3 rings (SSSR count). The normalized spacial score (nSPS) is 38.8. The number of hydrogen-bond acceptors (Lipinski definition) is 4. The van der Waals surface area contributed by atoms with E-state index in [-0.39, 0.29) is 6.04 Å². The Morgan fingerprint density at radius 3 is 2.65 bits per heavy atom. The van der Waals surface area contributed by atoms with E-state index in [1.807, 2.05) is 0 Å². The molecular formula is C15H27NO3S. The molecule has 0 aromatic heterocycles. The lowest BCUT2D eigenvalue weighted by atomic mass is 9.60. The predicted molar refractivity (Wildman–Crippen MR) is 79.5 cm³/mol. The second kappa shape index (κ2) is 5.58. The number of rotatable bonds is 4. The van der Waals surface area contributed by atoms with Crippen molar-refractivity contribution in [3.05, 3.63) is 0 Å². The van der Waals surface area contributed by atoms with Crippen molar-refractivity contribution in [2.45, 2.75) is 70.1 Å². The minimum atomic E-state index is -2.81. The molecule has 0 radical (unpaired) electrons. The van der Waals surface area contributed by atoms with Crippen molar-refractivity contribution in [3.63, 3.8) is 0 Å². The Labute approximate surface area is 122 Å². The van der Waals surface area contributed by atoms with Crippen molar-refractivity contribution < 1.29 is 13.2 Å². The van der Waals surface area contributed by atoms with Crippen molar-refractivity contribution in [1.82, 2.24) is 5.32 Å². The van der Waals surface area contributed by atoms with Gasteiger partial charge >= 0.3 is 0 Å². The molecule has 2 aliphatic carbocycles. The zero-order valence-corrected chi connectivity index (χ0v) is 13.3. The van der Waals surface area contributed by atoms with Crippen LogP contribution in [0.3, 0.4) is 0 Å². The first-order valence-corrected chi connectivity index (χ1v) is 9.96. The molecule has 1 N–H and O–H groups in total. The second-order valence-corrected chi connectivity index (χ2v) is 9.02. The fraction of sp³-hybridized carbons (Fsp3) is 1.00. The first-order chi connectivity index (χ1) is 9.56. The van der Waals surface area contributed by atoms with Crippen LogP contribution in [0.4, 0.5) is 0 Å². The summed E-state index contributed by atoms with van der Waals surface area (Å²) in [5.74, 6) is 0.710. The standard InChI is InChI=1S/C15H27NO3S/c1-2-19-14-10-13(15(14)7-3-4-8-15)16-12-6-5-9-20(17,18)11-12/h12-14,16H,2-11H2,1H3. The highest BCUT2D eigenvalue weighted by molar-refractivity contribution is 7.91. The van der Waals surface area contributed by atoms with E-state index in [0.29, 0.717) is 29.1 Å². The molecule has 0 aromatic carbocycles. The van der Waals surface area contributed by atoms with E-state index in [1.54, 1.807) is 0 Å². The lowest BCUT2D eigenvalue weighted by Crippen LogP contribution is -2.65. The lowest BCUT2D eigenvalue weighted by molar-refractivity contribution is -0.132. The third kappa shape index (κ3) is 2.64. The zero-order valence-electron chi connectivity index (χ0n) is 12.4. The van der Waals surface area contributed by atoms with Crippen molar-refractivity contribution in [3.8, 4) is 0 Å². The van der Waals surface area contributed by atoms with Crippen LogP contribution in [-0.4, -0.2) is 44.7 Å². The monoisotopic (exact) mass is 301 g/mol. The van der Waals surface area contributed by atoms with Gasteiger partial charge in [-0.25, -0.2) is 8.42 Å². The van der Waals surface area contributed by atoms with Crippen molar-refractivity contribution in [1.29, 1.82) is 0 Å². The Hall–Kier alpha value is -0.130. The molecule has 3 fully saturated rings. The molecule has 3 unspecified atom stereocenters. The molecule has 116 valence electrons. The van der Waals surface area contributed by atoms with Crippen LogP contribution >= 0.6 is 0 Å². The largest absolute Gasteiger partial charge is 0.378 e. The Kier molecular flexibility index (Phi) is 4.13. The van der Waals surface area contributed by atoms with Crippen LogP contribution in [0.5, 0.6) is 0 Å². The maximum absolute atomic E-state index is 11.8. The quantitative estimate of drug-likeness (QED) is 0.861. The average molecular weight is 301 g/mol. The molecule has 1 saturated heterocycles. The van der Waals surface area contributed by atoms with E-state index >= 15 is 0 Å². The van der Waals surface area contributed by atoms with E-state index in [4.69, 9.17) is 4.74 Å². The van der Waals surface area contributed by atoms with Gasteiger partial charge in [-0.05, 0) is 39.0 Å². The molecule has 0 bridgehead atoms. The maximum atomic E-state index is 11.8. The van der Waals surface area contributed by atoms with E-state index in [1.165, 1.54) is 25.7 Å². The van der Waals surface area contributed by atoms with E-state index in [2.05, 4.69) is 12.2 Å². The van der Waals surface area contributed by atoms with Crippen LogP contribution in [0.1, 0.15) is 51.9 Å². The molecule has 0 amide bonds. The fourth-order valence-electron chi connectivity index (χ4n) is 4.56. The minimum absolute atomic E-state index is 0.166. The van der Waals surface area contributed by atoms with E-state index in [0.717, 1.165) is 25.9 Å². The Bertz CT molecular complexity index is 442. The van der Waals surface area contributed by atoms with Crippen LogP contribution in [0.2, 0.25) is 0 Å². The third-order valence-corrected chi connectivity index (χ3v) is 7.41. The molecule has 20 heavy (non-hydrogen) atoms. The summed E-state index contributed by atoms with van der Waals surface area (Å²) < 4.78 is 29.4. The van der Waals surface area contributed by atoms with Crippen LogP contribution in [-0.2, 0) is 14.6 Å². The van der Waals surface area contributed by atoms with Crippen LogP contribution in [0.15, 0.2) is 0 Å². The fourth-order valence-corrected chi connectivity index (χ4v) is 6.21. The van der Waals surface area contributed by atoms with Gasteiger partial charge in [-0.3, -0.25) is 0 Å². The van der Waals surface area contributed by atoms with Crippen molar-refractivity contribution >= 4 is 9.84 Å². The van der Waals surface area contributed by atoms with Gasteiger partial charge in [-0.2, -0.15) is 0 Å². The minimum Gasteiger partial charge on any atom is -0.378 e. The number of ether oxygens (including phenoxy) is 1. The predicted octanol–water partition coefficient (Wildman–Crippen LogP) is 1.89. The molecule has 1 heterocycles. The smallest absolute Gasteiger partial charge is 0.151 e. The molecule has 1 spiro atoms. The van der Waals surface area contributed by atoms with E-state index < -0.39 is 9.84 Å². The SMILES string of the molecule is CCOC1CC(NC2CCCS(=O)(=O)C2)C12CCCC2. The van der Waals surface area contributed by atoms with Gasteiger partial charge in [0.1, 0.15) is 0 Å². The summed E-state index contributed by atoms with van der Waals surface area (Å²) in [6.45, 7) is 2.86. The highest BCUT2D eigenvalue weighted by Crippen LogP contribution is 2.54. The van der Waals surface area contributed by atoms with Gasteiger partial charge in [0.25, 0.3) is 0 Å². The zero-order chi connectivity index (χ0) is 14.2. The van der Waals surface area contributed by atoms with Gasteiger partial charge in [-0.1, -0.05) is 12.8 Å². The van der Waals surface area contributed by atoms with Gasteiger partial charge < -0.3 is 10.1 Å². The number of nitrogens with one attached hydrogen (secondary N) is 1. The summed E-state index contributed by atoms with van der Waals surface area (Å²) in [4.78, 5) is 0. The second-order valence-electron chi connectivity index (χ2n) is 6.79. The Balaban J connectivity index is 1.63. The van der Waals surface area contributed by atoms with Gasteiger partial charge in [0.15, 0.2) is 9.84 Å². The number of sulfone groups is 1. The molecule has 5 heteroatoms. The highest BCUT2D eigenvalue weighted by atomic mass is 32.2. The molecule has 0 aromatic rings. The maximum Gasteiger partial charge on any atom is 0.151 e. The summed E-state index contributed by atoms with van der Waals surface area (Å²) in [5.41, 5.74) is 0.303. The van der Waals surface area contributed by atoms with Crippen molar-refractivity contribution in [2.24, 2.45) is 5.41 Å². The molecular weight excluding hydrogens is 274 g/mol. The average Bonchev–Trinajstić information content (AvgIpc) is 2.89. The van der Waals surface area contributed by atoms with Crippen LogP contribution in [0.25, 0.3) is 0 Å². The van der Waals surface area contributed by atoms with Crippen LogP contribution < -0.4 is 5.32 Å². The first-order valence-electron chi connectivity index (χ1n) is 8.14. The summed E-state index contributed by atoms with van der Waals surface area (Å²) >= 11 is 0. The summed E-state index contributed by atoms with van der Waals surface area (Å²) in [6, 6.07) is 0.638. The first kappa shape index (κ1) is 14.8. The molecule has 1 aliphatic heterocycles. The highest BCUT2D eigenvalue weighted by Gasteiger charge is 2.56. The molecule has 4 nitrogen and oxygen atoms in total.